The summed E-state index contributed by atoms with van der Waals surface area (Å²) in [6, 6.07) is 16.6. The van der Waals surface area contributed by atoms with Crippen LogP contribution in [0.25, 0.3) is 21.8 Å². The van der Waals surface area contributed by atoms with Gasteiger partial charge in [-0.15, -0.1) is 69.6 Å². The molecule has 4 aromatic rings. The van der Waals surface area contributed by atoms with Crippen LogP contribution in [0.1, 0.15) is 25.0 Å². The fourth-order valence-corrected chi connectivity index (χ4v) is 3.01. The van der Waals surface area contributed by atoms with Gasteiger partial charge in [-0.1, -0.05) is 24.3 Å². The van der Waals surface area contributed by atoms with E-state index in [0.29, 0.717) is 0 Å². The maximum Gasteiger partial charge on any atom is 0.300 e. The van der Waals surface area contributed by atoms with E-state index >= 15 is 0 Å². The molecule has 0 saturated heterocycles. The van der Waals surface area contributed by atoms with Crippen LogP contribution in [-0.4, -0.2) is 70.1 Å². The van der Waals surface area contributed by atoms with E-state index in [1.807, 2.05) is 12.1 Å². The number of hydrogen-bond donors (Lipinski definition) is 4. The van der Waals surface area contributed by atoms with E-state index in [0.717, 1.165) is 26.9 Å². The minimum atomic E-state index is -0.833. The number of nitrogens with zero attached hydrogens (tertiary/aromatic N) is 2. The summed E-state index contributed by atoms with van der Waals surface area (Å²) >= 11 is 0. The third kappa shape index (κ3) is 14.3. The summed E-state index contributed by atoms with van der Waals surface area (Å²) in [5.41, 5.74) is 4.81. The normalized spacial score (nSPS) is 9.56. The number of carboxylic acids is 2. The van der Waals surface area contributed by atoms with Crippen LogP contribution in [0.4, 0.5) is 0 Å². The zero-order valence-corrected chi connectivity index (χ0v) is 24.4. The predicted molar refractivity (Wildman–Crippen MR) is 136 cm³/mol. The van der Waals surface area contributed by atoms with Crippen molar-refractivity contribution < 1.29 is 60.6 Å². The second kappa shape index (κ2) is 18.9. The first-order valence-electron chi connectivity index (χ1n) is 10.6. The Bertz CT molecular complexity index is 1070. The van der Waals surface area contributed by atoms with Gasteiger partial charge in [0, 0.05) is 67.8 Å². The molecule has 8 nitrogen and oxygen atoms in total. The summed E-state index contributed by atoms with van der Waals surface area (Å²) < 4.78 is 0. The number of fused-ring (bicyclic) bond motifs is 2. The molecule has 2 heterocycles. The molecule has 4 N–H and O–H groups in total. The van der Waals surface area contributed by atoms with E-state index in [1.54, 1.807) is 0 Å². The summed E-state index contributed by atoms with van der Waals surface area (Å²) in [6.07, 6.45) is 6.36. The van der Waals surface area contributed by atoms with Gasteiger partial charge in [0.1, 0.15) is 0 Å². The number of H-pyrrole nitrogens is 2. The molecule has 10 heteroatoms. The first-order valence-corrected chi connectivity index (χ1v) is 10.6. The quantitative estimate of drug-likeness (QED) is 0.190. The molecule has 0 spiro atoms. The van der Waals surface area contributed by atoms with Crippen molar-refractivity contribution in [3.05, 3.63) is 72.1 Å². The molecule has 0 bridgehead atoms. The molecule has 0 aliphatic heterocycles. The van der Waals surface area contributed by atoms with Crippen molar-refractivity contribution >= 4 is 33.7 Å². The van der Waals surface area contributed by atoms with Crippen molar-refractivity contribution in [2.24, 2.45) is 0 Å². The Morgan fingerprint density at radius 1 is 0.694 bits per heavy atom. The molecule has 0 aliphatic rings. The van der Waals surface area contributed by atoms with Gasteiger partial charge >= 0.3 is 0 Å². The van der Waals surface area contributed by atoms with Crippen LogP contribution in [0, 0.1) is 12.4 Å². The topological polar surface area (TPSA) is 113 Å². The van der Waals surface area contributed by atoms with E-state index in [-0.39, 0.29) is 40.8 Å². The summed E-state index contributed by atoms with van der Waals surface area (Å²) in [5, 5.41) is 17.4. The average molecular weight is 679 g/mol. The van der Waals surface area contributed by atoms with Gasteiger partial charge < -0.3 is 30.0 Å². The molecule has 0 fully saturated rings. The number of aromatic nitrogens is 2. The number of hydrogen-bond acceptors (Lipinski definition) is 4. The van der Waals surface area contributed by atoms with Crippen LogP contribution in [0.15, 0.2) is 48.5 Å². The molecular formula is C26H34N4O4Pd2-2. The number of aliphatic carboxylic acids is 2. The van der Waals surface area contributed by atoms with Crippen molar-refractivity contribution in [3.8, 4) is 0 Å². The van der Waals surface area contributed by atoms with Crippen LogP contribution >= 0.6 is 0 Å². The molecule has 2 aromatic heterocycles. The van der Waals surface area contributed by atoms with Gasteiger partial charge in [0.15, 0.2) is 0 Å². The molecule has 0 aliphatic carbocycles. The SMILES string of the molecule is CC(=O)O.CC(=O)O.CN(C)Cc1[c-][nH]c2ccccc12.CN(C)Cc1[c-][nH]c2ccccc12.[Pd].[Pd]. The van der Waals surface area contributed by atoms with E-state index in [1.165, 1.54) is 32.9 Å². The third-order valence-electron chi connectivity index (χ3n) is 4.15. The van der Waals surface area contributed by atoms with Crippen molar-refractivity contribution in [2.45, 2.75) is 26.9 Å². The minimum absolute atomic E-state index is 0. The maximum absolute atomic E-state index is 9.00. The fraction of sp³-hybridized carbons (Fsp3) is 0.308. The zero-order chi connectivity index (χ0) is 25.7. The van der Waals surface area contributed by atoms with Gasteiger partial charge in [0.05, 0.1) is 0 Å². The number of nitrogens with one attached hydrogen (secondary N) is 2. The monoisotopic (exact) mass is 678 g/mol. The Hall–Kier alpha value is -2.30. The first kappa shape index (κ1) is 35.9. The van der Waals surface area contributed by atoms with Gasteiger partial charge in [-0.2, -0.15) is 0 Å². The molecule has 0 unspecified atom stereocenters. The Kier molecular flexibility index (Phi) is 18.8. The minimum Gasteiger partial charge on any atom is -0.481 e. The fourth-order valence-electron chi connectivity index (χ4n) is 3.01. The number of aromatic amines is 2. The van der Waals surface area contributed by atoms with Gasteiger partial charge in [-0.3, -0.25) is 9.59 Å². The number of rotatable bonds is 4. The largest absolute Gasteiger partial charge is 0.481 e. The molecule has 0 saturated carbocycles. The Morgan fingerprint density at radius 2 is 0.972 bits per heavy atom. The van der Waals surface area contributed by atoms with Crippen LogP contribution in [0.3, 0.4) is 0 Å². The van der Waals surface area contributed by atoms with Gasteiger partial charge in [-0.05, 0) is 28.2 Å². The van der Waals surface area contributed by atoms with E-state index in [9.17, 15) is 0 Å². The standard InChI is InChI=1S/2C11H13N2.2C2H4O2.2Pd/c2*1-13(2)8-9-7-12-11-6-4-3-5-10(9)11;2*1-2(3)4;;/h2*3-6,12H,8H2,1-2H3;2*1H3,(H,3,4);;/q2*-1;;;;. The second-order valence-electron chi connectivity index (χ2n) is 8.06. The van der Waals surface area contributed by atoms with Crippen LogP contribution < -0.4 is 0 Å². The third-order valence-corrected chi connectivity index (χ3v) is 4.15. The molecule has 204 valence electrons. The molecule has 2 aromatic carbocycles. The predicted octanol–water partition coefficient (Wildman–Crippen LogP) is 4.24. The zero-order valence-electron chi connectivity index (χ0n) is 21.3. The number of benzene rings is 2. The van der Waals surface area contributed by atoms with Crippen LogP contribution in [0.5, 0.6) is 0 Å². The molecule has 0 radical (unpaired) electrons. The Morgan fingerprint density at radius 3 is 1.25 bits per heavy atom. The molecule has 0 atom stereocenters. The van der Waals surface area contributed by atoms with Crippen LogP contribution in [0.2, 0.25) is 0 Å². The molecular weight excluding hydrogens is 645 g/mol. The van der Waals surface area contributed by atoms with E-state index < -0.39 is 11.9 Å². The van der Waals surface area contributed by atoms with Crippen molar-refractivity contribution in [1.29, 1.82) is 0 Å². The van der Waals surface area contributed by atoms with E-state index in [2.05, 4.69) is 96.8 Å². The number of carbonyl (C=O) groups is 2. The summed E-state index contributed by atoms with van der Waals surface area (Å²) in [6.45, 7) is 4.04. The van der Waals surface area contributed by atoms with Crippen molar-refractivity contribution in [1.82, 2.24) is 19.8 Å². The Balaban J connectivity index is 0. The van der Waals surface area contributed by atoms with Crippen molar-refractivity contribution in [3.63, 3.8) is 0 Å². The van der Waals surface area contributed by atoms with Gasteiger partial charge in [0.25, 0.3) is 11.9 Å². The summed E-state index contributed by atoms with van der Waals surface area (Å²) in [4.78, 5) is 28.6. The molecule has 4 rings (SSSR count). The molecule has 36 heavy (non-hydrogen) atoms. The van der Waals surface area contributed by atoms with E-state index in [4.69, 9.17) is 19.8 Å². The van der Waals surface area contributed by atoms with Crippen molar-refractivity contribution in [2.75, 3.05) is 28.2 Å². The average Bonchev–Trinajstić information content (AvgIpc) is 3.32. The summed E-state index contributed by atoms with van der Waals surface area (Å²) in [5.74, 6) is -1.67. The first-order chi connectivity index (χ1) is 16.0. The van der Waals surface area contributed by atoms with Gasteiger partial charge in [-0.25, -0.2) is 0 Å². The maximum atomic E-state index is 9.00. The number of carboxylic acid groups (broad SMARTS) is 2. The summed E-state index contributed by atoms with van der Waals surface area (Å²) in [7, 11) is 8.26. The van der Waals surface area contributed by atoms with Gasteiger partial charge in [0.2, 0.25) is 0 Å². The smallest absolute Gasteiger partial charge is 0.300 e. The van der Waals surface area contributed by atoms with Crippen LogP contribution in [-0.2, 0) is 63.5 Å². The molecule has 0 amide bonds. The Labute approximate surface area is 240 Å². The second-order valence-corrected chi connectivity index (χ2v) is 8.06. The number of para-hydroxylation sites is 2.